The molecule has 78 valence electrons. The van der Waals surface area contributed by atoms with Gasteiger partial charge in [0.25, 0.3) is 5.91 Å². The molecule has 0 saturated carbocycles. The molecule has 0 unspecified atom stereocenters. The van der Waals surface area contributed by atoms with Crippen LogP contribution in [0.1, 0.15) is 26.2 Å². The largest absolute Gasteiger partial charge is 0.509 e. The third-order valence-corrected chi connectivity index (χ3v) is 2.20. The van der Waals surface area contributed by atoms with Crippen molar-refractivity contribution in [2.45, 2.75) is 32.2 Å². The van der Waals surface area contributed by atoms with Crippen molar-refractivity contribution in [2.24, 2.45) is 16.5 Å². The smallest absolute Gasteiger partial charge is 0.255 e. The van der Waals surface area contributed by atoms with Gasteiger partial charge in [-0.25, -0.2) is 0 Å². The van der Waals surface area contributed by atoms with Crippen LogP contribution in [0.15, 0.2) is 16.3 Å². The van der Waals surface area contributed by atoms with Crippen molar-refractivity contribution in [1.29, 1.82) is 0 Å². The Bertz CT molecular complexity index is 307. The van der Waals surface area contributed by atoms with E-state index in [1.165, 1.54) is 0 Å². The van der Waals surface area contributed by atoms with Gasteiger partial charge in [0.2, 0.25) is 0 Å². The number of unbranched alkanes of at least 4 members (excludes halogenated alkanes) is 1. The lowest BCUT2D eigenvalue weighted by atomic mass is 10.1. The van der Waals surface area contributed by atoms with Gasteiger partial charge >= 0.3 is 0 Å². The lowest BCUT2D eigenvalue weighted by Gasteiger charge is -2.05. The lowest BCUT2D eigenvalue weighted by molar-refractivity contribution is -0.114. The summed E-state index contributed by atoms with van der Waals surface area (Å²) in [6.07, 6.45) is 2.63. The molecule has 0 fully saturated rings. The first-order chi connectivity index (χ1) is 6.57. The summed E-state index contributed by atoms with van der Waals surface area (Å²) < 4.78 is 0. The minimum Gasteiger partial charge on any atom is -0.509 e. The van der Waals surface area contributed by atoms with Gasteiger partial charge in [-0.15, -0.1) is 0 Å². The molecule has 0 aromatic carbocycles. The molecule has 0 aromatic heterocycles. The number of primary amides is 1. The summed E-state index contributed by atoms with van der Waals surface area (Å²) in [5.41, 5.74) is 10.5. The Hall–Kier alpha value is -1.52. The van der Waals surface area contributed by atoms with E-state index in [1.54, 1.807) is 0 Å². The van der Waals surface area contributed by atoms with Gasteiger partial charge in [0.05, 0.1) is 0 Å². The molecule has 1 rings (SSSR count). The highest BCUT2D eigenvalue weighted by Gasteiger charge is 2.29. The monoisotopic (exact) mass is 197 g/mol. The van der Waals surface area contributed by atoms with Crippen molar-refractivity contribution < 1.29 is 9.90 Å². The van der Waals surface area contributed by atoms with E-state index < -0.39 is 5.91 Å². The number of amides is 1. The first kappa shape index (κ1) is 10.6. The molecule has 5 N–H and O–H groups in total. The molecule has 1 amide bonds. The molecular formula is C9H15N3O2. The van der Waals surface area contributed by atoms with Crippen LogP contribution in [-0.4, -0.2) is 22.9 Å². The van der Waals surface area contributed by atoms with Gasteiger partial charge in [-0.3, -0.25) is 9.79 Å². The Labute approximate surface area is 82.5 Å². The van der Waals surface area contributed by atoms with Crippen molar-refractivity contribution in [3.8, 4) is 0 Å². The molecule has 0 aromatic rings. The van der Waals surface area contributed by atoms with E-state index in [2.05, 4.69) is 4.99 Å². The molecule has 0 bridgehead atoms. The summed E-state index contributed by atoms with van der Waals surface area (Å²) in [5.74, 6) is -0.748. The van der Waals surface area contributed by atoms with Gasteiger partial charge in [0, 0.05) is 0 Å². The summed E-state index contributed by atoms with van der Waals surface area (Å²) in [6, 6.07) is -0.377. The van der Waals surface area contributed by atoms with Crippen molar-refractivity contribution in [2.75, 3.05) is 0 Å². The van der Waals surface area contributed by atoms with Gasteiger partial charge in [0.15, 0.2) is 0 Å². The van der Waals surface area contributed by atoms with Crippen LogP contribution in [0.25, 0.3) is 0 Å². The zero-order valence-electron chi connectivity index (χ0n) is 8.16. The molecule has 0 saturated heterocycles. The molecule has 1 aliphatic heterocycles. The second-order valence-electron chi connectivity index (χ2n) is 3.30. The predicted molar refractivity (Wildman–Crippen MR) is 53.8 cm³/mol. The van der Waals surface area contributed by atoms with Crippen LogP contribution in [0, 0.1) is 0 Å². The maximum Gasteiger partial charge on any atom is 0.255 e. The van der Waals surface area contributed by atoms with Crippen molar-refractivity contribution in [3.05, 3.63) is 11.3 Å². The van der Waals surface area contributed by atoms with Crippen LogP contribution in [0.2, 0.25) is 0 Å². The number of nitrogens with two attached hydrogens (primary N) is 2. The number of hydrogen-bond acceptors (Lipinski definition) is 4. The predicted octanol–water partition coefficient (Wildman–Crippen LogP) is 0.213. The molecule has 1 aliphatic rings. The van der Waals surface area contributed by atoms with E-state index in [1.807, 2.05) is 6.92 Å². The Balaban J connectivity index is 2.80. The fraction of sp³-hybridized carbons (Fsp3) is 0.556. The summed E-state index contributed by atoms with van der Waals surface area (Å²) >= 11 is 0. The number of hydrogen-bond donors (Lipinski definition) is 3. The highest BCUT2D eigenvalue weighted by atomic mass is 16.3. The lowest BCUT2D eigenvalue weighted by Crippen LogP contribution is -2.25. The van der Waals surface area contributed by atoms with E-state index in [0.29, 0.717) is 6.42 Å². The van der Waals surface area contributed by atoms with Crippen LogP contribution in [0.5, 0.6) is 0 Å². The average Bonchev–Trinajstić information content (AvgIpc) is 2.38. The van der Waals surface area contributed by atoms with Crippen molar-refractivity contribution in [1.82, 2.24) is 0 Å². The third-order valence-electron chi connectivity index (χ3n) is 2.20. The zero-order valence-corrected chi connectivity index (χ0v) is 8.16. The number of aliphatic hydroxyl groups is 1. The Kier molecular flexibility index (Phi) is 3.11. The van der Waals surface area contributed by atoms with Crippen LogP contribution in [0.4, 0.5) is 0 Å². The SMILES string of the molecule is CCCC[C@@H]1N=C(N)C(C(N)=O)=C1O. The topological polar surface area (TPSA) is 102 Å². The Morgan fingerprint density at radius 1 is 1.64 bits per heavy atom. The molecule has 0 aliphatic carbocycles. The quantitative estimate of drug-likeness (QED) is 0.600. The summed E-state index contributed by atoms with van der Waals surface area (Å²) in [5, 5.41) is 9.60. The Morgan fingerprint density at radius 3 is 2.71 bits per heavy atom. The number of aliphatic hydroxyl groups excluding tert-OH is 1. The van der Waals surface area contributed by atoms with Crippen LogP contribution in [0.3, 0.4) is 0 Å². The van der Waals surface area contributed by atoms with Crippen molar-refractivity contribution >= 4 is 11.7 Å². The van der Waals surface area contributed by atoms with E-state index >= 15 is 0 Å². The number of carbonyl (C=O) groups is 1. The number of rotatable bonds is 4. The number of carbonyl (C=O) groups excluding carboxylic acids is 1. The van der Waals surface area contributed by atoms with Gasteiger partial charge in [-0.05, 0) is 6.42 Å². The molecule has 5 heteroatoms. The molecule has 0 spiro atoms. The first-order valence-corrected chi connectivity index (χ1v) is 4.64. The van der Waals surface area contributed by atoms with Crippen molar-refractivity contribution in [3.63, 3.8) is 0 Å². The van der Waals surface area contributed by atoms with Crippen LogP contribution >= 0.6 is 0 Å². The Morgan fingerprint density at radius 2 is 2.29 bits per heavy atom. The number of aliphatic imine (C=N–C) groups is 1. The summed E-state index contributed by atoms with van der Waals surface area (Å²) in [4.78, 5) is 14.9. The van der Waals surface area contributed by atoms with Gasteiger partial charge < -0.3 is 16.6 Å². The van der Waals surface area contributed by atoms with E-state index in [4.69, 9.17) is 11.5 Å². The van der Waals surface area contributed by atoms with Crippen LogP contribution in [-0.2, 0) is 4.79 Å². The van der Waals surface area contributed by atoms with Gasteiger partial charge in [-0.2, -0.15) is 0 Å². The minimum atomic E-state index is -0.720. The molecule has 1 heterocycles. The standard InChI is InChI=1S/C9H15N3O2/c1-2-3-4-5-7(13)6(9(11)14)8(10)12-5/h5,13H,2-4H2,1H3,(H2,10,12)(H2,11,14)/t5-/m0/s1. The fourth-order valence-corrected chi connectivity index (χ4v) is 1.44. The average molecular weight is 197 g/mol. The highest BCUT2D eigenvalue weighted by Crippen LogP contribution is 2.21. The van der Waals surface area contributed by atoms with E-state index in [-0.39, 0.29) is 23.2 Å². The molecule has 14 heavy (non-hydrogen) atoms. The maximum absolute atomic E-state index is 10.9. The molecule has 0 radical (unpaired) electrons. The second kappa shape index (κ2) is 4.13. The number of amidine groups is 1. The molecule has 5 nitrogen and oxygen atoms in total. The minimum absolute atomic E-state index is 0.0221. The third kappa shape index (κ3) is 1.86. The normalized spacial score (nSPS) is 21.2. The summed E-state index contributed by atoms with van der Waals surface area (Å²) in [6.45, 7) is 2.04. The summed E-state index contributed by atoms with van der Waals surface area (Å²) in [7, 11) is 0. The van der Waals surface area contributed by atoms with E-state index in [9.17, 15) is 9.90 Å². The highest BCUT2D eigenvalue weighted by molar-refractivity contribution is 6.21. The number of nitrogens with zero attached hydrogens (tertiary/aromatic N) is 1. The van der Waals surface area contributed by atoms with Gasteiger partial charge in [0.1, 0.15) is 23.2 Å². The van der Waals surface area contributed by atoms with E-state index in [0.717, 1.165) is 12.8 Å². The molecule has 1 atom stereocenters. The van der Waals surface area contributed by atoms with Gasteiger partial charge in [-0.1, -0.05) is 19.8 Å². The maximum atomic E-state index is 10.9. The van der Waals surface area contributed by atoms with Crippen LogP contribution < -0.4 is 11.5 Å². The first-order valence-electron chi connectivity index (χ1n) is 4.64. The molecular weight excluding hydrogens is 182 g/mol. The second-order valence-corrected chi connectivity index (χ2v) is 3.30. The zero-order chi connectivity index (χ0) is 10.7. The fourth-order valence-electron chi connectivity index (χ4n) is 1.44.